The minimum absolute atomic E-state index is 0.0182. The average molecular weight is 216 g/mol. The Hall–Kier alpha value is -1.74. The molecule has 1 aromatic heterocycles. The Kier molecular flexibility index (Phi) is 3.17. The number of pyridine rings is 1. The zero-order chi connectivity index (χ0) is 11.5. The minimum atomic E-state index is -4.50. The van der Waals surface area contributed by atoms with E-state index in [2.05, 4.69) is 11.8 Å². The minimum Gasteiger partial charge on any atom is -0.327 e. The summed E-state index contributed by atoms with van der Waals surface area (Å²) >= 11 is 0. The van der Waals surface area contributed by atoms with Gasteiger partial charge in [0.1, 0.15) is 0 Å². The largest absolute Gasteiger partial charge is 0.417 e. The first kappa shape index (κ1) is 11.3. The molecule has 0 aliphatic carbocycles. The summed E-state index contributed by atoms with van der Waals surface area (Å²) in [7, 11) is 0. The molecule has 0 radical (unpaired) electrons. The first-order valence-electron chi connectivity index (χ1n) is 3.94. The molecule has 0 saturated carbocycles. The van der Waals surface area contributed by atoms with Gasteiger partial charge in [0, 0.05) is 6.20 Å². The van der Waals surface area contributed by atoms with Crippen molar-refractivity contribution in [3.8, 4) is 11.8 Å². The van der Waals surface area contributed by atoms with Gasteiger partial charge in [0.2, 0.25) is 0 Å². The number of hydrogen-bond donors (Lipinski definition) is 2. The maximum absolute atomic E-state index is 12.2. The second-order valence-electron chi connectivity index (χ2n) is 2.63. The van der Waals surface area contributed by atoms with Crippen molar-refractivity contribution in [2.45, 2.75) is 6.18 Å². The number of nitrogens with two attached hydrogens (primary N) is 1. The normalized spacial score (nSPS) is 10.7. The summed E-state index contributed by atoms with van der Waals surface area (Å²) in [6.45, 7) is -0.0182. The molecule has 0 unspecified atom stereocenters. The molecule has 0 aliphatic rings. The summed E-state index contributed by atoms with van der Waals surface area (Å²) in [6, 6.07) is 0.696. The molecule has 3 nitrogen and oxygen atoms in total. The number of H-pyrrole nitrogens is 1. The van der Waals surface area contributed by atoms with Gasteiger partial charge in [0.25, 0.3) is 5.56 Å². The second kappa shape index (κ2) is 4.19. The van der Waals surface area contributed by atoms with Gasteiger partial charge in [-0.3, -0.25) is 4.79 Å². The Balaban J connectivity index is 3.23. The van der Waals surface area contributed by atoms with Crippen LogP contribution in [-0.2, 0) is 6.18 Å². The van der Waals surface area contributed by atoms with E-state index in [-0.39, 0.29) is 12.1 Å². The third kappa shape index (κ3) is 2.86. The van der Waals surface area contributed by atoms with Crippen LogP contribution in [0.15, 0.2) is 17.1 Å². The first-order chi connectivity index (χ1) is 6.95. The molecule has 0 fully saturated rings. The van der Waals surface area contributed by atoms with Gasteiger partial charge in [-0.15, -0.1) is 0 Å². The van der Waals surface area contributed by atoms with Crippen molar-refractivity contribution < 1.29 is 13.2 Å². The van der Waals surface area contributed by atoms with Crippen molar-refractivity contribution in [1.82, 2.24) is 4.98 Å². The Morgan fingerprint density at radius 3 is 2.67 bits per heavy atom. The van der Waals surface area contributed by atoms with Gasteiger partial charge < -0.3 is 10.7 Å². The second-order valence-corrected chi connectivity index (χ2v) is 2.63. The molecular weight excluding hydrogens is 209 g/mol. The molecular formula is C9H7F3N2O. The lowest BCUT2D eigenvalue weighted by atomic mass is 10.2. The monoisotopic (exact) mass is 216 g/mol. The topological polar surface area (TPSA) is 58.9 Å². The summed E-state index contributed by atoms with van der Waals surface area (Å²) in [6.07, 6.45) is -3.89. The highest BCUT2D eigenvalue weighted by Crippen LogP contribution is 2.28. The number of halogens is 3. The lowest BCUT2D eigenvalue weighted by Crippen LogP contribution is -2.14. The third-order valence-electron chi connectivity index (χ3n) is 1.56. The molecule has 6 heteroatoms. The van der Waals surface area contributed by atoms with Crippen molar-refractivity contribution in [2.24, 2.45) is 5.73 Å². The van der Waals surface area contributed by atoms with Crippen LogP contribution in [-0.4, -0.2) is 11.5 Å². The van der Waals surface area contributed by atoms with Crippen LogP contribution < -0.4 is 11.3 Å². The molecule has 3 N–H and O–H groups in total. The van der Waals surface area contributed by atoms with Crippen molar-refractivity contribution in [3.05, 3.63) is 33.7 Å². The van der Waals surface area contributed by atoms with Crippen LogP contribution in [0.2, 0.25) is 0 Å². The van der Waals surface area contributed by atoms with Gasteiger partial charge in [-0.2, -0.15) is 13.2 Å². The van der Waals surface area contributed by atoms with Crippen LogP contribution in [0.25, 0.3) is 0 Å². The van der Waals surface area contributed by atoms with Gasteiger partial charge in [-0.25, -0.2) is 0 Å². The number of aromatic amines is 1. The maximum Gasteiger partial charge on any atom is 0.417 e. The quantitative estimate of drug-likeness (QED) is 0.627. The van der Waals surface area contributed by atoms with E-state index < -0.39 is 17.3 Å². The number of nitrogens with one attached hydrogen (secondary N) is 1. The molecule has 0 saturated heterocycles. The van der Waals surface area contributed by atoms with Gasteiger partial charge in [-0.1, -0.05) is 11.8 Å². The Morgan fingerprint density at radius 1 is 1.47 bits per heavy atom. The lowest BCUT2D eigenvalue weighted by molar-refractivity contribution is -0.137. The smallest absolute Gasteiger partial charge is 0.327 e. The van der Waals surface area contributed by atoms with Gasteiger partial charge in [-0.05, 0) is 6.07 Å². The fourth-order valence-electron chi connectivity index (χ4n) is 0.887. The predicted octanol–water partition coefficient (Wildman–Crippen LogP) is 0.704. The molecule has 0 atom stereocenters. The Morgan fingerprint density at radius 2 is 2.13 bits per heavy atom. The maximum atomic E-state index is 12.2. The van der Waals surface area contributed by atoms with Crippen molar-refractivity contribution in [2.75, 3.05) is 6.54 Å². The SMILES string of the molecule is NCC#Cc1cc(C(F)(F)F)c[nH]c1=O. The number of alkyl halides is 3. The van der Waals surface area contributed by atoms with Crippen LogP contribution in [0.4, 0.5) is 13.2 Å². The van der Waals surface area contributed by atoms with Crippen molar-refractivity contribution in [3.63, 3.8) is 0 Å². The van der Waals surface area contributed by atoms with Gasteiger partial charge in [0.05, 0.1) is 17.7 Å². The highest BCUT2D eigenvalue weighted by atomic mass is 19.4. The lowest BCUT2D eigenvalue weighted by Gasteiger charge is -2.05. The van der Waals surface area contributed by atoms with Crippen LogP contribution in [0, 0.1) is 11.8 Å². The highest BCUT2D eigenvalue weighted by Gasteiger charge is 2.31. The summed E-state index contributed by atoms with van der Waals surface area (Å²) in [4.78, 5) is 13.0. The van der Waals surface area contributed by atoms with E-state index in [4.69, 9.17) is 5.73 Å². The molecule has 1 heterocycles. The summed E-state index contributed by atoms with van der Waals surface area (Å²) in [5.74, 6) is 4.58. The zero-order valence-electron chi connectivity index (χ0n) is 7.48. The first-order valence-corrected chi connectivity index (χ1v) is 3.94. The Bertz CT molecular complexity index is 465. The summed E-state index contributed by atoms with van der Waals surface area (Å²) in [5, 5.41) is 0. The van der Waals surface area contributed by atoms with Crippen LogP contribution >= 0.6 is 0 Å². The molecule has 80 valence electrons. The van der Waals surface area contributed by atoms with E-state index in [1.165, 1.54) is 0 Å². The van der Waals surface area contributed by atoms with Crippen LogP contribution in [0.1, 0.15) is 11.1 Å². The molecule has 1 rings (SSSR count). The standard InChI is InChI=1S/C9H7F3N2O/c10-9(11,12)7-4-6(2-1-3-13)8(15)14-5-7/h4-5H,3,13H2,(H,14,15). The summed E-state index contributed by atoms with van der Waals surface area (Å²) in [5.41, 5.74) is 3.20. The molecule has 0 bridgehead atoms. The van der Waals surface area contributed by atoms with E-state index in [0.29, 0.717) is 12.3 Å². The van der Waals surface area contributed by atoms with E-state index >= 15 is 0 Å². The molecule has 0 aromatic carbocycles. The van der Waals surface area contributed by atoms with E-state index in [0.717, 1.165) is 0 Å². The number of aromatic nitrogens is 1. The van der Waals surface area contributed by atoms with Crippen LogP contribution in [0.3, 0.4) is 0 Å². The number of rotatable bonds is 0. The zero-order valence-corrected chi connectivity index (χ0v) is 7.48. The predicted molar refractivity (Wildman–Crippen MR) is 48.0 cm³/mol. The molecule has 15 heavy (non-hydrogen) atoms. The summed E-state index contributed by atoms with van der Waals surface area (Å²) < 4.78 is 36.7. The average Bonchev–Trinajstić information content (AvgIpc) is 2.15. The van der Waals surface area contributed by atoms with E-state index in [9.17, 15) is 18.0 Å². The Labute approximate surface area is 83.1 Å². The molecule has 0 amide bonds. The van der Waals surface area contributed by atoms with Crippen molar-refractivity contribution >= 4 is 0 Å². The third-order valence-corrected chi connectivity index (χ3v) is 1.56. The number of hydrogen-bond acceptors (Lipinski definition) is 2. The fourth-order valence-corrected chi connectivity index (χ4v) is 0.887. The van der Waals surface area contributed by atoms with Gasteiger partial charge in [0.15, 0.2) is 0 Å². The van der Waals surface area contributed by atoms with Gasteiger partial charge >= 0.3 is 6.18 Å². The fraction of sp³-hybridized carbons (Fsp3) is 0.222. The molecule has 0 spiro atoms. The molecule has 1 aromatic rings. The van der Waals surface area contributed by atoms with E-state index in [1.54, 1.807) is 0 Å². The van der Waals surface area contributed by atoms with E-state index in [1.807, 2.05) is 4.98 Å². The van der Waals surface area contributed by atoms with Crippen molar-refractivity contribution in [1.29, 1.82) is 0 Å². The highest BCUT2D eigenvalue weighted by molar-refractivity contribution is 5.35. The molecule has 0 aliphatic heterocycles. The van der Waals surface area contributed by atoms with Crippen LogP contribution in [0.5, 0.6) is 0 Å².